The lowest BCUT2D eigenvalue weighted by Gasteiger charge is -2.10. The van der Waals surface area contributed by atoms with E-state index in [2.05, 4.69) is 15.5 Å². The Morgan fingerprint density at radius 1 is 1.10 bits per heavy atom. The number of para-hydroxylation sites is 1. The van der Waals surface area contributed by atoms with Gasteiger partial charge >= 0.3 is 6.18 Å². The van der Waals surface area contributed by atoms with Crippen LogP contribution in [0.1, 0.15) is 11.1 Å². The molecular formula is C20H15F3N4OS. The molecule has 5 nitrogen and oxygen atoms in total. The summed E-state index contributed by atoms with van der Waals surface area (Å²) in [6.07, 6.45) is -4.46. The normalized spacial score (nSPS) is 11.9. The van der Waals surface area contributed by atoms with Gasteiger partial charge in [0.25, 0.3) is 0 Å². The van der Waals surface area contributed by atoms with Crippen LogP contribution in [0, 0.1) is 6.92 Å². The number of aryl methyl sites for hydroxylation is 1. The monoisotopic (exact) mass is 416 g/mol. The Morgan fingerprint density at radius 2 is 1.90 bits per heavy atom. The summed E-state index contributed by atoms with van der Waals surface area (Å²) in [5.41, 5.74) is 1.94. The first-order chi connectivity index (χ1) is 13.8. The predicted molar refractivity (Wildman–Crippen MR) is 106 cm³/mol. The van der Waals surface area contributed by atoms with E-state index in [0.717, 1.165) is 28.6 Å². The number of hydrogen-bond donors (Lipinski definition) is 1. The van der Waals surface area contributed by atoms with Crippen LogP contribution >= 0.6 is 11.8 Å². The van der Waals surface area contributed by atoms with Crippen LogP contribution < -0.4 is 5.32 Å². The molecule has 1 amide bonds. The van der Waals surface area contributed by atoms with Crippen molar-refractivity contribution < 1.29 is 18.0 Å². The number of pyridine rings is 1. The third-order valence-electron chi connectivity index (χ3n) is 4.38. The van der Waals surface area contributed by atoms with E-state index in [9.17, 15) is 18.0 Å². The van der Waals surface area contributed by atoms with E-state index in [-0.39, 0.29) is 11.4 Å². The summed E-state index contributed by atoms with van der Waals surface area (Å²) >= 11 is 1.17. The quantitative estimate of drug-likeness (QED) is 0.479. The molecule has 0 fully saturated rings. The van der Waals surface area contributed by atoms with Gasteiger partial charge in [0, 0.05) is 11.1 Å². The highest BCUT2D eigenvalue weighted by molar-refractivity contribution is 7.99. The molecule has 9 heteroatoms. The number of benzene rings is 2. The van der Waals surface area contributed by atoms with Crippen LogP contribution in [0.3, 0.4) is 0 Å². The second-order valence-electron chi connectivity index (χ2n) is 6.44. The number of nitrogens with one attached hydrogen (secondary N) is 1. The molecule has 0 aliphatic rings. The minimum absolute atomic E-state index is 0.0146. The maximum Gasteiger partial charge on any atom is 0.416 e. The van der Waals surface area contributed by atoms with Gasteiger partial charge in [-0.1, -0.05) is 36.0 Å². The van der Waals surface area contributed by atoms with Gasteiger partial charge in [-0.05, 0) is 42.8 Å². The second kappa shape index (κ2) is 7.40. The second-order valence-corrected chi connectivity index (χ2v) is 7.38. The van der Waals surface area contributed by atoms with Crippen molar-refractivity contribution in [3.63, 3.8) is 0 Å². The van der Waals surface area contributed by atoms with Crippen LogP contribution in [-0.2, 0) is 11.0 Å². The smallest absolute Gasteiger partial charge is 0.325 e. The number of rotatable bonds is 4. The molecule has 0 bridgehead atoms. The van der Waals surface area contributed by atoms with Crippen molar-refractivity contribution in [1.29, 1.82) is 0 Å². The maximum atomic E-state index is 12.8. The van der Waals surface area contributed by atoms with Crippen molar-refractivity contribution >= 4 is 39.9 Å². The molecular weight excluding hydrogens is 401 g/mol. The highest BCUT2D eigenvalue weighted by Gasteiger charge is 2.30. The Bertz CT molecular complexity index is 1220. The number of carbonyl (C=O) groups excluding carboxylic acids is 1. The van der Waals surface area contributed by atoms with Gasteiger partial charge in [-0.3, -0.25) is 9.20 Å². The molecule has 2 aromatic heterocycles. The summed E-state index contributed by atoms with van der Waals surface area (Å²) < 4.78 is 40.3. The summed E-state index contributed by atoms with van der Waals surface area (Å²) in [4.78, 5) is 12.3. The molecule has 4 rings (SSSR count). The first kappa shape index (κ1) is 19.3. The van der Waals surface area contributed by atoms with E-state index in [0.29, 0.717) is 10.8 Å². The van der Waals surface area contributed by atoms with Crippen LogP contribution in [0.4, 0.5) is 18.9 Å². The van der Waals surface area contributed by atoms with E-state index in [1.54, 1.807) is 0 Å². The van der Waals surface area contributed by atoms with E-state index < -0.39 is 17.6 Å². The van der Waals surface area contributed by atoms with Gasteiger partial charge in [0.2, 0.25) is 5.91 Å². The molecule has 4 aromatic rings. The Balaban J connectivity index is 1.53. The number of halogens is 3. The zero-order valence-corrected chi connectivity index (χ0v) is 16.0. The van der Waals surface area contributed by atoms with E-state index >= 15 is 0 Å². The number of thioether (sulfide) groups is 1. The molecule has 0 spiro atoms. The minimum Gasteiger partial charge on any atom is -0.325 e. The van der Waals surface area contributed by atoms with Crippen LogP contribution in [0.2, 0.25) is 0 Å². The summed E-state index contributed by atoms with van der Waals surface area (Å²) in [5.74, 6) is -0.443. The molecule has 2 heterocycles. The Hall–Kier alpha value is -3.07. The number of anilines is 1. The van der Waals surface area contributed by atoms with E-state index in [1.807, 2.05) is 41.7 Å². The Kier molecular flexibility index (Phi) is 4.91. The number of nitrogens with zero attached hydrogens (tertiary/aromatic N) is 3. The molecule has 0 radical (unpaired) electrons. The van der Waals surface area contributed by atoms with Crippen molar-refractivity contribution in [1.82, 2.24) is 14.6 Å². The number of alkyl halides is 3. The Labute approximate surface area is 167 Å². The van der Waals surface area contributed by atoms with E-state index in [1.165, 1.54) is 23.9 Å². The molecule has 0 saturated carbocycles. The summed E-state index contributed by atoms with van der Waals surface area (Å²) in [5, 5.41) is 12.4. The van der Waals surface area contributed by atoms with Gasteiger partial charge in [-0.2, -0.15) is 13.2 Å². The fourth-order valence-electron chi connectivity index (χ4n) is 3.07. The molecule has 0 atom stereocenters. The van der Waals surface area contributed by atoms with Crippen LogP contribution in [0.5, 0.6) is 0 Å². The lowest BCUT2D eigenvalue weighted by Crippen LogP contribution is -2.15. The van der Waals surface area contributed by atoms with Crippen LogP contribution in [0.25, 0.3) is 16.6 Å². The molecule has 0 aliphatic carbocycles. The fraction of sp³-hybridized carbons (Fsp3) is 0.150. The molecule has 0 unspecified atom stereocenters. The van der Waals surface area contributed by atoms with Crippen molar-refractivity contribution in [2.24, 2.45) is 0 Å². The summed E-state index contributed by atoms with van der Waals surface area (Å²) in [6.45, 7) is 1.99. The first-order valence-corrected chi connectivity index (χ1v) is 9.65. The summed E-state index contributed by atoms with van der Waals surface area (Å²) in [6, 6.07) is 14.3. The lowest BCUT2D eigenvalue weighted by molar-refractivity contribution is -0.137. The number of aromatic nitrogens is 3. The largest absolute Gasteiger partial charge is 0.416 e. The molecule has 0 aliphatic heterocycles. The molecule has 1 N–H and O–H groups in total. The number of amides is 1. The average molecular weight is 416 g/mol. The fourth-order valence-corrected chi connectivity index (χ4v) is 3.82. The number of hydrogen-bond acceptors (Lipinski definition) is 4. The van der Waals surface area contributed by atoms with Crippen molar-refractivity contribution in [3.8, 4) is 0 Å². The third-order valence-corrected chi connectivity index (χ3v) is 5.31. The van der Waals surface area contributed by atoms with Gasteiger partial charge < -0.3 is 5.32 Å². The maximum absolute atomic E-state index is 12.8. The van der Waals surface area contributed by atoms with E-state index in [4.69, 9.17) is 0 Å². The van der Waals surface area contributed by atoms with Gasteiger partial charge in [0.15, 0.2) is 10.8 Å². The topological polar surface area (TPSA) is 59.3 Å². The van der Waals surface area contributed by atoms with Gasteiger partial charge in [0.1, 0.15) is 0 Å². The SMILES string of the molecule is Cc1cc2nnc(SCC(=O)Nc3cccc(C(F)(F)F)c3)n2c2ccccc12. The highest BCUT2D eigenvalue weighted by Crippen LogP contribution is 2.31. The third kappa shape index (κ3) is 3.91. The van der Waals surface area contributed by atoms with Crippen molar-refractivity contribution in [2.75, 3.05) is 11.1 Å². The molecule has 29 heavy (non-hydrogen) atoms. The number of fused-ring (bicyclic) bond motifs is 3. The predicted octanol–water partition coefficient (Wildman–Crippen LogP) is 4.94. The summed E-state index contributed by atoms with van der Waals surface area (Å²) in [7, 11) is 0. The molecule has 2 aromatic carbocycles. The minimum atomic E-state index is -4.46. The van der Waals surface area contributed by atoms with Crippen molar-refractivity contribution in [3.05, 3.63) is 65.7 Å². The molecule has 0 saturated heterocycles. The lowest BCUT2D eigenvalue weighted by atomic mass is 10.1. The first-order valence-electron chi connectivity index (χ1n) is 8.66. The highest BCUT2D eigenvalue weighted by atomic mass is 32.2. The van der Waals surface area contributed by atoms with Gasteiger partial charge in [0.05, 0.1) is 16.8 Å². The average Bonchev–Trinajstić information content (AvgIpc) is 3.09. The number of carbonyl (C=O) groups is 1. The van der Waals surface area contributed by atoms with Crippen LogP contribution in [0.15, 0.2) is 59.8 Å². The Morgan fingerprint density at radius 3 is 2.69 bits per heavy atom. The van der Waals surface area contributed by atoms with Gasteiger partial charge in [-0.25, -0.2) is 0 Å². The van der Waals surface area contributed by atoms with Gasteiger partial charge in [-0.15, -0.1) is 10.2 Å². The zero-order valence-electron chi connectivity index (χ0n) is 15.2. The van der Waals surface area contributed by atoms with Crippen molar-refractivity contribution in [2.45, 2.75) is 18.3 Å². The zero-order chi connectivity index (χ0) is 20.6. The standard InChI is InChI=1S/C20H15F3N4OS/c1-12-9-17-25-26-19(27(17)16-8-3-2-7-15(12)16)29-11-18(28)24-14-6-4-5-13(10-14)20(21,22)23/h2-10H,11H2,1H3,(H,24,28). The van der Waals surface area contributed by atoms with Crippen LogP contribution in [-0.4, -0.2) is 26.3 Å². The molecule has 148 valence electrons.